The summed E-state index contributed by atoms with van der Waals surface area (Å²) in [6.07, 6.45) is 1.58. The van der Waals surface area contributed by atoms with E-state index in [1.807, 2.05) is 12.1 Å². The highest BCUT2D eigenvalue weighted by molar-refractivity contribution is 9.10. The van der Waals surface area contributed by atoms with Gasteiger partial charge in [-0.2, -0.15) is 0 Å². The Morgan fingerprint density at radius 3 is 2.17 bits per heavy atom. The second-order valence-electron chi connectivity index (χ2n) is 6.30. The zero-order valence-corrected chi connectivity index (χ0v) is 15.2. The van der Waals surface area contributed by atoms with E-state index < -0.39 is 17.6 Å². The smallest absolute Gasteiger partial charge is 0.310 e. The maximum Gasteiger partial charge on any atom is 0.310 e. The van der Waals surface area contributed by atoms with Gasteiger partial charge in [-0.1, -0.05) is 45.0 Å². The lowest BCUT2D eigenvalue weighted by Gasteiger charge is -2.18. The van der Waals surface area contributed by atoms with Crippen LogP contribution in [0, 0.1) is 0 Å². The number of amides is 2. The van der Waals surface area contributed by atoms with Crippen molar-refractivity contribution in [3.63, 3.8) is 0 Å². The van der Waals surface area contributed by atoms with Gasteiger partial charge in [0, 0.05) is 16.2 Å². The Kier molecular flexibility index (Phi) is 5.23. The molecular weight excluding hydrogens is 374 g/mol. The van der Waals surface area contributed by atoms with E-state index in [4.69, 9.17) is 0 Å². The number of carbonyl (C=O) groups is 3. The Hall–Kier alpha value is -2.41. The number of aromatic amines is 1. The molecule has 2 amide bonds. The first-order valence-corrected chi connectivity index (χ1v) is 8.07. The summed E-state index contributed by atoms with van der Waals surface area (Å²) in [5.74, 6) is -2.18. The summed E-state index contributed by atoms with van der Waals surface area (Å²) in [5, 5.41) is 0. The summed E-state index contributed by atoms with van der Waals surface area (Å²) in [6, 6.07) is 8.39. The van der Waals surface area contributed by atoms with E-state index in [-0.39, 0.29) is 16.7 Å². The number of hydrogen-bond acceptors (Lipinski definition) is 3. The monoisotopic (exact) mass is 391 g/mol. The molecule has 1 heterocycles. The first-order valence-electron chi connectivity index (χ1n) is 7.28. The van der Waals surface area contributed by atoms with Crippen LogP contribution < -0.4 is 10.9 Å². The average Bonchev–Trinajstić information content (AvgIpc) is 2.97. The molecule has 0 unspecified atom stereocenters. The summed E-state index contributed by atoms with van der Waals surface area (Å²) in [5.41, 5.74) is 5.83. The molecule has 1 aromatic carbocycles. The minimum Gasteiger partial charge on any atom is -0.356 e. The topological polar surface area (TPSA) is 91.1 Å². The van der Waals surface area contributed by atoms with E-state index >= 15 is 0 Å². The van der Waals surface area contributed by atoms with Gasteiger partial charge in [0.25, 0.3) is 11.7 Å². The van der Waals surface area contributed by atoms with Crippen LogP contribution in [0.3, 0.4) is 0 Å². The Morgan fingerprint density at radius 1 is 1.04 bits per heavy atom. The van der Waals surface area contributed by atoms with E-state index in [0.29, 0.717) is 4.47 Å². The number of aromatic nitrogens is 1. The summed E-state index contributed by atoms with van der Waals surface area (Å²) < 4.78 is 0.703. The molecular formula is C17H18BrN3O3. The molecule has 0 aliphatic heterocycles. The fraction of sp³-hybridized carbons (Fsp3) is 0.235. The molecule has 0 aliphatic rings. The molecule has 3 N–H and O–H groups in total. The van der Waals surface area contributed by atoms with Gasteiger partial charge in [-0.05, 0) is 33.0 Å². The van der Waals surface area contributed by atoms with Crippen LogP contribution in [0.15, 0.2) is 41.0 Å². The SMILES string of the molecule is CC(C)(C)c1ccc(C(=O)C(=O)NNC(=O)c2cc(Br)c[nH]2)cc1. The number of nitrogens with one attached hydrogen (secondary N) is 3. The van der Waals surface area contributed by atoms with Crippen LogP contribution in [-0.4, -0.2) is 22.6 Å². The molecule has 0 bridgehead atoms. The van der Waals surface area contributed by atoms with Gasteiger partial charge < -0.3 is 4.98 Å². The van der Waals surface area contributed by atoms with Crippen LogP contribution in [-0.2, 0) is 10.2 Å². The number of H-pyrrole nitrogens is 1. The Bertz CT molecular complexity index is 773. The van der Waals surface area contributed by atoms with Gasteiger partial charge in [0.15, 0.2) is 0 Å². The maximum atomic E-state index is 12.1. The number of rotatable bonds is 3. The molecule has 0 atom stereocenters. The summed E-state index contributed by atoms with van der Waals surface area (Å²) >= 11 is 3.20. The number of benzene rings is 1. The normalized spacial score (nSPS) is 11.0. The lowest BCUT2D eigenvalue weighted by molar-refractivity contribution is -0.117. The second kappa shape index (κ2) is 7.00. The molecule has 0 spiro atoms. The largest absolute Gasteiger partial charge is 0.356 e. The van der Waals surface area contributed by atoms with Gasteiger partial charge in [0.1, 0.15) is 5.69 Å². The quantitative estimate of drug-likeness (QED) is 0.426. The number of Topliss-reactive ketones (excluding diaryl/α,β-unsaturated/α-hetero) is 1. The number of carbonyl (C=O) groups excluding carboxylic acids is 3. The standard InChI is InChI=1S/C17H18BrN3O3/c1-17(2,3)11-6-4-10(5-7-11)14(22)16(24)21-20-15(23)13-8-12(18)9-19-13/h4-9,19H,1-3H3,(H,20,23)(H,21,24). The molecule has 2 rings (SSSR count). The Labute approximate surface area is 148 Å². The number of halogens is 1. The number of hydrazine groups is 1. The van der Waals surface area contributed by atoms with E-state index in [1.165, 1.54) is 0 Å². The molecule has 7 heteroatoms. The molecule has 2 aromatic rings. The van der Waals surface area contributed by atoms with Crippen molar-refractivity contribution in [1.29, 1.82) is 0 Å². The average molecular weight is 392 g/mol. The summed E-state index contributed by atoms with van der Waals surface area (Å²) in [7, 11) is 0. The van der Waals surface area contributed by atoms with Crippen LogP contribution in [0.2, 0.25) is 0 Å². The molecule has 0 radical (unpaired) electrons. The first-order chi connectivity index (χ1) is 11.2. The minimum atomic E-state index is -0.905. The lowest BCUT2D eigenvalue weighted by atomic mass is 9.86. The van der Waals surface area contributed by atoms with E-state index in [1.54, 1.807) is 24.4 Å². The zero-order chi connectivity index (χ0) is 17.9. The molecule has 0 saturated carbocycles. The van der Waals surface area contributed by atoms with Gasteiger partial charge >= 0.3 is 5.91 Å². The fourth-order valence-electron chi connectivity index (χ4n) is 1.99. The van der Waals surface area contributed by atoms with Crippen LogP contribution in [0.4, 0.5) is 0 Å². The van der Waals surface area contributed by atoms with Crippen LogP contribution >= 0.6 is 15.9 Å². The van der Waals surface area contributed by atoms with Gasteiger partial charge in [-0.25, -0.2) is 0 Å². The summed E-state index contributed by atoms with van der Waals surface area (Å²) in [6.45, 7) is 6.18. The third-order valence-corrected chi connectivity index (χ3v) is 3.86. The van der Waals surface area contributed by atoms with Crippen molar-refractivity contribution < 1.29 is 14.4 Å². The second-order valence-corrected chi connectivity index (χ2v) is 7.21. The molecule has 0 saturated heterocycles. The van der Waals surface area contributed by atoms with Crippen molar-refractivity contribution in [3.8, 4) is 0 Å². The van der Waals surface area contributed by atoms with Gasteiger partial charge in [0.05, 0.1) is 0 Å². The third-order valence-electron chi connectivity index (χ3n) is 3.40. The van der Waals surface area contributed by atoms with Crippen molar-refractivity contribution in [1.82, 2.24) is 15.8 Å². The van der Waals surface area contributed by atoms with Crippen molar-refractivity contribution in [2.75, 3.05) is 0 Å². The Morgan fingerprint density at radius 2 is 1.67 bits per heavy atom. The molecule has 0 aliphatic carbocycles. The van der Waals surface area contributed by atoms with Crippen LogP contribution in [0.1, 0.15) is 47.2 Å². The fourth-order valence-corrected chi connectivity index (χ4v) is 2.33. The molecule has 6 nitrogen and oxygen atoms in total. The zero-order valence-electron chi connectivity index (χ0n) is 13.6. The van der Waals surface area contributed by atoms with E-state index in [9.17, 15) is 14.4 Å². The highest BCUT2D eigenvalue weighted by Gasteiger charge is 2.19. The van der Waals surface area contributed by atoms with Crippen molar-refractivity contribution >= 4 is 33.5 Å². The highest BCUT2D eigenvalue weighted by Crippen LogP contribution is 2.22. The minimum absolute atomic E-state index is 0.0396. The predicted molar refractivity (Wildman–Crippen MR) is 93.6 cm³/mol. The van der Waals surface area contributed by atoms with Gasteiger partial charge in [-0.3, -0.25) is 25.2 Å². The number of hydrogen-bond donors (Lipinski definition) is 3. The predicted octanol–water partition coefficient (Wildman–Crippen LogP) is 2.72. The van der Waals surface area contributed by atoms with E-state index in [2.05, 4.69) is 52.5 Å². The Balaban J connectivity index is 1.97. The third kappa shape index (κ3) is 4.32. The summed E-state index contributed by atoms with van der Waals surface area (Å²) in [4.78, 5) is 38.5. The molecule has 1 aromatic heterocycles. The lowest BCUT2D eigenvalue weighted by Crippen LogP contribution is -2.45. The van der Waals surface area contributed by atoms with Gasteiger partial charge in [-0.15, -0.1) is 0 Å². The number of ketones is 1. The molecule has 126 valence electrons. The van der Waals surface area contributed by atoms with Gasteiger partial charge in [0.2, 0.25) is 0 Å². The van der Waals surface area contributed by atoms with Crippen LogP contribution in [0.25, 0.3) is 0 Å². The first kappa shape index (κ1) is 17.9. The maximum absolute atomic E-state index is 12.1. The highest BCUT2D eigenvalue weighted by atomic mass is 79.9. The van der Waals surface area contributed by atoms with Crippen molar-refractivity contribution in [3.05, 3.63) is 57.8 Å². The molecule has 24 heavy (non-hydrogen) atoms. The van der Waals surface area contributed by atoms with Crippen molar-refractivity contribution in [2.45, 2.75) is 26.2 Å². The molecule has 0 fully saturated rings. The van der Waals surface area contributed by atoms with Crippen molar-refractivity contribution in [2.24, 2.45) is 0 Å². The van der Waals surface area contributed by atoms with E-state index in [0.717, 1.165) is 5.56 Å². The van der Waals surface area contributed by atoms with Crippen LogP contribution in [0.5, 0.6) is 0 Å².